The van der Waals surface area contributed by atoms with Gasteiger partial charge in [-0.3, -0.25) is 29.0 Å². The molecule has 0 unspecified atom stereocenters. The van der Waals surface area contributed by atoms with E-state index in [1.165, 1.54) is 62.0 Å². The Hall–Kier alpha value is -8.06. The number of thioether (sulfide) groups is 2. The highest BCUT2D eigenvalue weighted by Gasteiger charge is 2.49. The molecular weight excluding hydrogens is 941 g/mol. The molecule has 2 heterocycles. The summed E-state index contributed by atoms with van der Waals surface area (Å²) in [6, 6.07) is 62.0. The summed E-state index contributed by atoms with van der Waals surface area (Å²) in [5, 5.41) is 0.225. The van der Waals surface area contributed by atoms with Crippen molar-refractivity contribution in [2.24, 2.45) is 0 Å². The summed E-state index contributed by atoms with van der Waals surface area (Å²) in [5.41, 5.74) is 5.58. The van der Waals surface area contributed by atoms with Crippen LogP contribution in [0.3, 0.4) is 0 Å². The number of esters is 2. The fourth-order valence-corrected chi connectivity index (χ4v) is 13.4. The fourth-order valence-electron chi connectivity index (χ4n) is 10.2. The Bertz CT molecular complexity index is 2870. The Morgan fingerprint density at radius 2 is 0.583 bits per heavy atom. The van der Waals surface area contributed by atoms with Gasteiger partial charge < -0.3 is 9.47 Å². The topological polar surface area (TPSA) is 127 Å². The zero-order valence-corrected chi connectivity index (χ0v) is 40.8. The van der Waals surface area contributed by atoms with Gasteiger partial charge in [0, 0.05) is 44.5 Å². The van der Waals surface area contributed by atoms with E-state index in [0.29, 0.717) is 0 Å². The number of nitrogens with zero attached hydrogens (tertiary/aromatic N) is 2. The molecule has 0 saturated carbocycles. The van der Waals surface area contributed by atoms with E-state index in [1.54, 1.807) is 0 Å². The first-order valence-corrected chi connectivity index (χ1v) is 25.2. The molecular formula is C60H46N2O8S2. The van der Waals surface area contributed by atoms with Gasteiger partial charge in [0.15, 0.2) is 0 Å². The van der Waals surface area contributed by atoms with Crippen molar-refractivity contribution in [1.82, 2.24) is 9.80 Å². The van der Waals surface area contributed by atoms with E-state index in [1.807, 2.05) is 182 Å². The number of carbonyl (C=O) groups is 6. The van der Waals surface area contributed by atoms with E-state index in [2.05, 4.69) is 0 Å². The third-order valence-electron chi connectivity index (χ3n) is 13.5. The van der Waals surface area contributed by atoms with Crippen LogP contribution in [0, 0.1) is 0 Å². The molecule has 10 rings (SSSR count). The van der Waals surface area contributed by atoms with Crippen molar-refractivity contribution in [3.63, 3.8) is 0 Å². The SMILES string of the molecule is COC(=O)[C@H](CSC(c1ccccc1)(c1ccccc1)c1ccccc1)N1C(=O)c2ccc3c4c(ccc(c24)C1=O)C(=O)N([C@@H](CSC(c1ccccc1)(c1ccccc1)c1ccccc1)C(=O)OC)C3=O. The predicted octanol–water partition coefficient (Wildman–Crippen LogP) is 10.6. The lowest BCUT2D eigenvalue weighted by Crippen LogP contribution is -2.54. The van der Waals surface area contributed by atoms with E-state index in [0.717, 1.165) is 43.2 Å². The summed E-state index contributed by atoms with van der Waals surface area (Å²) in [6.07, 6.45) is 0. The van der Waals surface area contributed by atoms with Crippen molar-refractivity contribution in [2.45, 2.75) is 21.6 Å². The second-order valence-electron chi connectivity index (χ2n) is 17.3. The molecule has 72 heavy (non-hydrogen) atoms. The molecule has 0 radical (unpaired) electrons. The predicted molar refractivity (Wildman–Crippen MR) is 280 cm³/mol. The van der Waals surface area contributed by atoms with E-state index >= 15 is 0 Å². The summed E-state index contributed by atoms with van der Waals surface area (Å²) >= 11 is 2.79. The molecule has 2 atom stereocenters. The Morgan fingerprint density at radius 3 is 0.778 bits per heavy atom. The maximum Gasteiger partial charge on any atom is 0.329 e. The van der Waals surface area contributed by atoms with Gasteiger partial charge in [-0.05, 0) is 57.6 Å². The Morgan fingerprint density at radius 1 is 0.375 bits per heavy atom. The smallest absolute Gasteiger partial charge is 0.329 e. The summed E-state index contributed by atoms with van der Waals surface area (Å²) in [6.45, 7) is 0. The number of imide groups is 2. The molecule has 0 fully saturated rings. The molecule has 10 nitrogen and oxygen atoms in total. The zero-order valence-electron chi connectivity index (χ0n) is 39.2. The number of benzene rings is 8. The van der Waals surface area contributed by atoms with E-state index in [9.17, 15) is 28.8 Å². The monoisotopic (exact) mass is 986 g/mol. The average molecular weight is 987 g/mol. The van der Waals surface area contributed by atoms with E-state index < -0.39 is 57.1 Å². The number of hydrogen-bond donors (Lipinski definition) is 0. The van der Waals surface area contributed by atoms with Crippen molar-refractivity contribution in [3.8, 4) is 0 Å². The summed E-state index contributed by atoms with van der Waals surface area (Å²) in [5.74, 6) is -4.91. The number of rotatable bonds is 16. The van der Waals surface area contributed by atoms with Crippen LogP contribution in [-0.4, -0.2) is 83.2 Å². The van der Waals surface area contributed by atoms with Crippen LogP contribution in [-0.2, 0) is 28.6 Å². The molecule has 2 aliphatic rings. The molecule has 356 valence electrons. The minimum atomic E-state index is -1.40. The first kappa shape index (κ1) is 47.6. The molecule has 0 spiro atoms. The Balaban J connectivity index is 1.02. The molecule has 0 aliphatic carbocycles. The molecule has 0 N–H and O–H groups in total. The van der Waals surface area contributed by atoms with Gasteiger partial charge in [0.2, 0.25) is 0 Å². The molecule has 0 aromatic heterocycles. The fraction of sp³-hybridized carbons (Fsp3) is 0.133. The normalized spacial score (nSPS) is 14.2. The number of amides is 4. The lowest BCUT2D eigenvalue weighted by molar-refractivity contribution is -0.145. The third-order valence-corrected chi connectivity index (χ3v) is 16.8. The molecule has 12 heteroatoms. The molecule has 0 saturated heterocycles. The summed E-state index contributed by atoms with van der Waals surface area (Å²) in [7, 11) is 2.43. The van der Waals surface area contributed by atoms with Crippen LogP contribution in [0.15, 0.2) is 206 Å². The largest absolute Gasteiger partial charge is 0.467 e. The number of hydrogen-bond acceptors (Lipinski definition) is 10. The molecule has 2 aliphatic heterocycles. The standard InChI is InChI=1S/C60H46N2O8S2/c1-69-57(67)49(37-71-59(39-21-9-3-10-22-39,40-23-11-4-12-24-40)41-25-13-5-14-26-41)61-53(63)45-33-35-47-52-48(36-34-46(51(45)52)54(61)64)56(66)62(55(47)65)50(58(68)70-2)38-72-60(42-27-15-6-16-28-42,43-29-17-7-18-30-43)44-31-19-8-20-32-44/h3-36,49-50H,37-38H2,1-2H3/t49-,50-/m0/s1. The van der Waals surface area contributed by atoms with Crippen LogP contribution in [0.25, 0.3) is 10.8 Å². The Labute approximate surface area is 425 Å². The second-order valence-corrected chi connectivity index (χ2v) is 19.8. The van der Waals surface area contributed by atoms with Gasteiger partial charge in [-0.1, -0.05) is 182 Å². The molecule has 4 amide bonds. The lowest BCUT2D eigenvalue weighted by Gasteiger charge is -2.39. The minimum absolute atomic E-state index is 0.0250. The molecule has 0 bridgehead atoms. The van der Waals surface area contributed by atoms with Gasteiger partial charge in [-0.15, -0.1) is 23.5 Å². The highest BCUT2D eigenvalue weighted by atomic mass is 32.2. The van der Waals surface area contributed by atoms with E-state index in [-0.39, 0.29) is 44.5 Å². The Kier molecular flexibility index (Phi) is 13.2. The van der Waals surface area contributed by atoms with Gasteiger partial charge in [0.1, 0.15) is 12.1 Å². The number of carbonyl (C=O) groups excluding carboxylic acids is 6. The van der Waals surface area contributed by atoms with Gasteiger partial charge in [0.25, 0.3) is 23.6 Å². The lowest BCUT2D eigenvalue weighted by atomic mass is 9.84. The summed E-state index contributed by atoms with van der Waals surface area (Å²) in [4.78, 5) is 89.9. The van der Waals surface area contributed by atoms with Crippen LogP contribution in [0.5, 0.6) is 0 Å². The summed E-state index contributed by atoms with van der Waals surface area (Å²) < 4.78 is 8.88. The van der Waals surface area contributed by atoms with Crippen molar-refractivity contribution in [3.05, 3.63) is 262 Å². The van der Waals surface area contributed by atoms with Gasteiger partial charge in [-0.25, -0.2) is 9.59 Å². The average Bonchev–Trinajstić information content (AvgIpc) is 3.44. The zero-order chi connectivity index (χ0) is 50.0. The highest BCUT2D eigenvalue weighted by molar-refractivity contribution is 8.01. The van der Waals surface area contributed by atoms with Crippen molar-refractivity contribution in [1.29, 1.82) is 0 Å². The van der Waals surface area contributed by atoms with Crippen LogP contribution < -0.4 is 0 Å². The quantitative estimate of drug-likeness (QED) is 0.0524. The minimum Gasteiger partial charge on any atom is -0.467 e. The number of ether oxygens (including phenoxy) is 2. The first-order valence-electron chi connectivity index (χ1n) is 23.3. The van der Waals surface area contributed by atoms with Gasteiger partial charge in [-0.2, -0.15) is 0 Å². The van der Waals surface area contributed by atoms with Gasteiger partial charge in [0.05, 0.1) is 23.7 Å². The number of methoxy groups -OCH3 is 2. The highest BCUT2D eigenvalue weighted by Crippen LogP contribution is 2.51. The van der Waals surface area contributed by atoms with Crippen LogP contribution in [0.1, 0.15) is 74.8 Å². The van der Waals surface area contributed by atoms with Crippen LogP contribution >= 0.6 is 23.5 Å². The van der Waals surface area contributed by atoms with Crippen molar-refractivity contribution < 1.29 is 38.2 Å². The van der Waals surface area contributed by atoms with Gasteiger partial charge >= 0.3 is 11.9 Å². The van der Waals surface area contributed by atoms with Crippen molar-refractivity contribution >= 4 is 69.9 Å². The van der Waals surface area contributed by atoms with Crippen LogP contribution in [0.2, 0.25) is 0 Å². The molecule has 8 aromatic carbocycles. The molecule has 8 aromatic rings. The van der Waals surface area contributed by atoms with Crippen LogP contribution in [0.4, 0.5) is 0 Å². The maximum atomic E-state index is 15.0. The third kappa shape index (κ3) is 7.96. The maximum absolute atomic E-state index is 15.0. The van der Waals surface area contributed by atoms with E-state index in [4.69, 9.17) is 9.47 Å². The second kappa shape index (κ2) is 20.0. The first-order chi connectivity index (χ1) is 35.1. The van der Waals surface area contributed by atoms with Crippen molar-refractivity contribution in [2.75, 3.05) is 25.7 Å².